The summed E-state index contributed by atoms with van der Waals surface area (Å²) in [5.74, 6) is -0.696. The lowest BCUT2D eigenvalue weighted by Crippen LogP contribution is -2.30. The number of rotatable bonds is 9. The van der Waals surface area contributed by atoms with Crippen molar-refractivity contribution in [3.63, 3.8) is 0 Å². The van der Waals surface area contributed by atoms with Gasteiger partial charge in [-0.25, -0.2) is 0 Å². The summed E-state index contributed by atoms with van der Waals surface area (Å²) in [4.78, 5) is 42.6. The number of hydrogen-bond donors (Lipinski definition) is 4. The molecule has 0 fully saturated rings. The maximum Gasteiger partial charge on any atom is 0.272 e. The summed E-state index contributed by atoms with van der Waals surface area (Å²) < 4.78 is 0. The fourth-order valence-corrected chi connectivity index (χ4v) is 4.71. The first-order chi connectivity index (χ1) is 19.5. The third-order valence-corrected chi connectivity index (χ3v) is 7.00. The monoisotopic (exact) mass is 546 g/mol. The van der Waals surface area contributed by atoms with E-state index in [-0.39, 0.29) is 23.3 Å². The molecule has 4 N–H and O–H groups in total. The number of H-pyrrole nitrogens is 1. The van der Waals surface area contributed by atoms with Crippen molar-refractivity contribution in [2.75, 3.05) is 16.4 Å². The molecule has 0 aliphatic carbocycles. The fraction of sp³-hybridized carbons (Fsp3) is 0.0312. The highest BCUT2D eigenvalue weighted by atomic mass is 32.2. The molecule has 8 heteroatoms. The number of carbonyl (C=O) groups excluding carboxylic acids is 3. The number of fused-ring (bicyclic) bond motifs is 1. The number of nitrogens with one attached hydrogen (secondary N) is 4. The lowest BCUT2D eigenvalue weighted by Gasteiger charge is -2.12. The van der Waals surface area contributed by atoms with Crippen LogP contribution in [0.25, 0.3) is 17.0 Å². The Hall–Kier alpha value is -5.08. The summed E-state index contributed by atoms with van der Waals surface area (Å²) in [6, 6.07) is 33.0. The molecule has 198 valence electrons. The van der Waals surface area contributed by atoms with Crippen LogP contribution in [-0.2, 0) is 9.59 Å². The van der Waals surface area contributed by atoms with Gasteiger partial charge < -0.3 is 20.9 Å². The van der Waals surface area contributed by atoms with E-state index in [4.69, 9.17) is 0 Å². The van der Waals surface area contributed by atoms with Crippen LogP contribution in [0.15, 0.2) is 126 Å². The molecular formula is C32H26N4O3S. The second kappa shape index (κ2) is 12.6. The molecule has 0 aliphatic heterocycles. The highest BCUT2D eigenvalue weighted by molar-refractivity contribution is 8.00. The van der Waals surface area contributed by atoms with E-state index in [1.54, 1.807) is 48.7 Å². The first kappa shape index (κ1) is 26.5. The average molecular weight is 547 g/mol. The normalized spacial score (nSPS) is 11.2. The number of para-hydroxylation sites is 2. The first-order valence-corrected chi connectivity index (χ1v) is 13.6. The van der Waals surface area contributed by atoms with Crippen molar-refractivity contribution < 1.29 is 14.4 Å². The maximum atomic E-state index is 13.4. The van der Waals surface area contributed by atoms with Gasteiger partial charge in [0.1, 0.15) is 5.70 Å². The van der Waals surface area contributed by atoms with Gasteiger partial charge in [-0.05, 0) is 60.7 Å². The number of thioether (sulfide) groups is 1. The Morgan fingerprint density at radius 1 is 0.725 bits per heavy atom. The number of carbonyl (C=O) groups is 3. The van der Waals surface area contributed by atoms with Gasteiger partial charge in [0.25, 0.3) is 11.8 Å². The molecule has 5 aromatic rings. The van der Waals surface area contributed by atoms with Crippen LogP contribution in [0, 0.1) is 0 Å². The summed E-state index contributed by atoms with van der Waals surface area (Å²) in [5.41, 5.74) is 3.56. The van der Waals surface area contributed by atoms with E-state index in [9.17, 15) is 14.4 Å². The van der Waals surface area contributed by atoms with Crippen LogP contribution in [0.4, 0.5) is 11.4 Å². The molecule has 5 rings (SSSR count). The lowest BCUT2D eigenvalue weighted by molar-refractivity contribution is -0.114. The number of aromatic amines is 1. The highest BCUT2D eigenvalue weighted by Gasteiger charge is 2.16. The number of hydrogen-bond acceptors (Lipinski definition) is 4. The van der Waals surface area contributed by atoms with Crippen molar-refractivity contribution in [2.24, 2.45) is 0 Å². The van der Waals surface area contributed by atoms with Crippen LogP contribution in [0.5, 0.6) is 0 Å². The number of aromatic nitrogens is 1. The van der Waals surface area contributed by atoms with E-state index in [1.165, 1.54) is 11.8 Å². The van der Waals surface area contributed by atoms with Crippen molar-refractivity contribution in [3.8, 4) is 0 Å². The molecule has 1 aromatic heterocycles. The third-order valence-electron chi connectivity index (χ3n) is 5.99. The topological polar surface area (TPSA) is 103 Å². The zero-order valence-electron chi connectivity index (χ0n) is 21.4. The predicted molar refractivity (Wildman–Crippen MR) is 161 cm³/mol. The van der Waals surface area contributed by atoms with Gasteiger partial charge in [-0.3, -0.25) is 14.4 Å². The first-order valence-electron chi connectivity index (χ1n) is 12.6. The number of anilines is 2. The van der Waals surface area contributed by atoms with Gasteiger partial charge in [0.2, 0.25) is 5.91 Å². The maximum absolute atomic E-state index is 13.4. The van der Waals surface area contributed by atoms with E-state index in [0.717, 1.165) is 27.0 Å². The second-order valence-electron chi connectivity index (χ2n) is 8.85. The van der Waals surface area contributed by atoms with Gasteiger partial charge in [0, 0.05) is 44.5 Å². The van der Waals surface area contributed by atoms with Crippen molar-refractivity contribution in [3.05, 3.63) is 132 Å². The predicted octanol–water partition coefficient (Wildman–Crippen LogP) is 6.31. The molecule has 0 saturated carbocycles. The van der Waals surface area contributed by atoms with E-state index in [1.807, 2.05) is 72.8 Å². The highest BCUT2D eigenvalue weighted by Crippen LogP contribution is 2.23. The summed E-state index contributed by atoms with van der Waals surface area (Å²) in [5, 5.41) is 9.42. The zero-order chi connectivity index (χ0) is 27.7. The Balaban J connectivity index is 1.28. The molecule has 0 radical (unpaired) electrons. The molecule has 3 amide bonds. The minimum atomic E-state index is -0.461. The van der Waals surface area contributed by atoms with E-state index < -0.39 is 5.91 Å². The molecule has 0 saturated heterocycles. The molecular weight excluding hydrogens is 520 g/mol. The van der Waals surface area contributed by atoms with Crippen LogP contribution >= 0.6 is 11.8 Å². The molecule has 0 spiro atoms. The Kier molecular flexibility index (Phi) is 8.38. The van der Waals surface area contributed by atoms with Crippen molar-refractivity contribution in [1.29, 1.82) is 0 Å². The standard InChI is InChI=1S/C32H26N4O3S/c37-30(34-24-11-5-2-6-12-24)21-40-26-17-15-25(16-18-26)35-32(39)29(36-31(38)22-9-3-1-4-10-22)19-23-20-33-28-14-8-7-13-27(23)28/h1-20,33H,21H2,(H,34,37)(H,35,39)(H,36,38). The lowest BCUT2D eigenvalue weighted by atomic mass is 10.1. The Morgan fingerprint density at radius 2 is 1.38 bits per heavy atom. The molecule has 40 heavy (non-hydrogen) atoms. The van der Waals surface area contributed by atoms with Crippen LogP contribution < -0.4 is 16.0 Å². The molecule has 0 aliphatic rings. The second-order valence-corrected chi connectivity index (χ2v) is 9.90. The van der Waals surface area contributed by atoms with Gasteiger partial charge >= 0.3 is 0 Å². The molecule has 4 aromatic carbocycles. The van der Waals surface area contributed by atoms with Gasteiger partial charge in [-0.15, -0.1) is 11.8 Å². The molecule has 0 bridgehead atoms. The summed E-state index contributed by atoms with van der Waals surface area (Å²) in [6.45, 7) is 0. The van der Waals surface area contributed by atoms with Crippen molar-refractivity contribution >= 4 is 57.8 Å². The average Bonchev–Trinajstić information content (AvgIpc) is 3.40. The number of amides is 3. The van der Waals surface area contributed by atoms with Crippen LogP contribution in [-0.4, -0.2) is 28.5 Å². The Labute approximate surface area is 235 Å². The van der Waals surface area contributed by atoms with Gasteiger partial charge in [-0.1, -0.05) is 54.6 Å². The number of benzene rings is 4. The van der Waals surface area contributed by atoms with Crippen molar-refractivity contribution in [2.45, 2.75) is 4.90 Å². The fourth-order valence-electron chi connectivity index (χ4n) is 4.01. The minimum Gasteiger partial charge on any atom is -0.361 e. The quantitative estimate of drug-likeness (QED) is 0.129. The zero-order valence-corrected chi connectivity index (χ0v) is 22.2. The van der Waals surface area contributed by atoms with E-state index in [0.29, 0.717) is 11.3 Å². The van der Waals surface area contributed by atoms with Crippen LogP contribution in [0.1, 0.15) is 15.9 Å². The van der Waals surface area contributed by atoms with Gasteiger partial charge in [-0.2, -0.15) is 0 Å². The largest absolute Gasteiger partial charge is 0.361 e. The van der Waals surface area contributed by atoms with Crippen LogP contribution in [0.2, 0.25) is 0 Å². The van der Waals surface area contributed by atoms with Gasteiger partial charge in [0.15, 0.2) is 0 Å². The van der Waals surface area contributed by atoms with Crippen molar-refractivity contribution in [1.82, 2.24) is 10.3 Å². The smallest absolute Gasteiger partial charge is 0.272 e. The molecule has 0 atom stereocenters. The van der Waals surface area contributed by atoms with Gasteiger partial charge in [0.05, 0.1) is 5.75 Å². The summed E-state index contributed by atoms with van der Waals surface area (Å²) in [6.07, 6.45) is 3.46. The molecule has 7 nitrogen and oxygen atoms in total. The van der Waals surface area contributed by atoms with E-state index >= 15 is 0 Å². The minimum absolute atomic E-state index is 0.102. The summed E-state index contributed by atoms with van der Waals surface area (Å²) >= 11 is 1.39. The summed E-state index contributed by atoms with van der Waals surface area (Å²) in [7, 11) is 0. The Morgan fingerprint density at radius 3 is 2.12 bits per heavy atom. The molecule has 1 heterocycles. The molecule has 0 unspecified atom stereocenters. The third kappa shape index (κ3) is 6.86. The van der Waals surface area contributed by atoms with E-state index in [2.05, 4.69) is 20.9 Å². The SMILES string of the molecule is O=C(CSc1ccc(NC(=O)C(=Cc2c[nH]c3ccccc23)NC(=O)c2ccccc2)cc1)Nc1ccccc1. The Bertz CT molecular complexity index is 1660. The van der Waals surface area contributed by atoms with Crippen LogP contribution in [0.3, 0.4) is 0 Å².